The molecule has 2 heterocycles. The largest absolute Gasteiger partial charge is 0.243 e. The molecule has 0 aliphatic carbocycles. The van der Waals surface area contributed by atoms with Crippen molar-refractivity contribution in [2.24, 2.45) is 0 Å². The second-order valence-corrected chi connectivity index (χ2v) is 5.52. The van der Waals surface area contributed by atoms with Gasteiger partial charge >= 0.3 is 0 Å². The normalized spacial score (nSPS) is 11.6. The summed E-state index contributed by atoms with van der Waals surface area (Å²) in [4.78, 5) is 10.3. The summed E-state index contributed by atoms with van der Waals surface area (Å²) in [6.07, 6.45) is 0. The second kappa shape index (κ2) is 3.64. The van der Waals surface area contributed by atoms with Crippen LogP contribution >= 0.6 is 22.9 Å². The fourth-order valence-electron chi connectivity index (χ4n) is 2.13. The van der Waals surface area contributed by atoms with E-state index in [9.17, 15) is 0 Å². The smallest absolute Gasteiger partial charge is 0.143 e. The van der Waals surface area contributed by atoms with Crippen LogP contribution in [-0.4, -0.2) is 9.97 Å². The highest BCUT2D eigenvalue weighted by Crippen LogP contribution is 2.33. The Morgan fingerprint density at radius 3 is 2.72 bits per heavy atom. The van der Waals surface area contributed by atoms with Crippen molar-refractivity contribution in [3.05, 3.63) is 47.5 Å². The SMILES string of the molecule is Clc1cccc2nc3c(nc12)sc1ccccc13. The van der Waals surface area contributed by atoms with Crippen molar-refractivity contribution >= 4 is 54.4 Å². The first-order valence-electron chi connectivity index (χ1n) is 5.56. The van der Waals surface area contributed by atoms with Crippen LogP contribution in [0.2, 0.25) is 5.02 Å². The number of hydrogen-bond donors (Lipinski definition) is 0. The van der Waals surface area contributed by atoms with E-state index in [0.29, 0.717) is 5.02 Å². The minimum absolute atomic E-state index is 0.652. The van der Waals surface area contributed by atoms with Crippen molar-refractivity contribution < 1.29 is 0 Å². The number of aromatic nitrogens is 2. The highest BCUT2D eigenvalue weighted by Gasteiger charge is 2.10. The Morgan fingerprint density at radius 1 is 0.889 bits per heavy atom. The fourth-order valence-corrected chi connectivity index (χ4v) is 3.36. The van der Waals surface area contributed by atoms with E-state index >= 15 is 0 Å². The summed E-state index contributed by atoms with van der Waals surface area (Å²) >= 11 is 7.81. The van der Waals surface area contributed by atoms with Crippen molar-refractivity contribution in [3.8, 4) is 0 Å². The van der Waals surface area contributed by atoms with Crippen LogP contribution in [0.1, 0.15) is 0 Å². The van der Waals surface area contributed by atoms with Gasteiger partial charge < -0.3 is 0 Å². The Morgan fingerprint density at radius 2 is 1.78 bits per heavy atom. The molecule has 0 amide bonds. The topological polar surface area (TPSA) is 25.8 Å². The molecule has 0 spiro atoms. The molecule has 0 radical (unpaired) electrons. The van der Waals surface area contributed by atoms with Gasteiger partial charge in [0.15, 0.2) is 0 Å². The zero-order valence-corrected chi connectivity index (χ0v) is 10.8. The third kappa shape index (κ3) is 1.35. The lowest BCUT2D eigenvalue weighted by molar-refractivity contribution is 1.43. The van der Waals surface area contributed by atoms with Crippen molar-refractivity contribution in [1.82, 2.24) is 9.97 Å². The van der Waals surface area contributed by atoms with Crippen LogP contribution in [0.4, 0.5) is 0 Å². The van der Waals surface area contributed by atoms with Gasteiger partial charge in [-0.15, -0.1) is 11.3 Å². The summed E-state index contributed by atoms with van der Waals surface area (Å²) in [6.45, 7) is 0. The third-order valence-electron chi connectivity index (χ3n) is 2.96. The maximum absolute atomic E-state index is 6.16. The van der Waals surface area contributed by atoms with Crippen LogP contribution in [0, 0.1) is 0 Å². The van der Waals surface area contributed by atoms with E-state index in [2.05, 4.69) is 17.1 Å². The Labute approximate surface area is 112 Å². The molecule has 0 saturated carbocycles. The number of nitrogens with zero attached hydrogens (tertiary/aromatic N) is 2. The van der Waals surface area contributed by atoms with Gasteiger partial charge in [-0.05, 0) is 18.2 Å². The Hall–Kier alpha value is -1.71. The Kier molecular flexibility index (Phi) is 2.07. The minimum Gasteiger partial charge on any atom is -0.243 e. The molecule has 0 atom stereocenters. The van der Waals surface area contributed by atoms with Gasteiger partial charge in [0.1, 0.15) is 15.9 Å². The number of fused-ring (bicyclic) bond motifs is 4. The van der Waals surface area contributed by atoms with Crippen molar-refractivity contribution in [2.75, 3.05) is 0 Å². The lowest BCUT2D eigenvalue weighted by atomic mass is 10.2. The number of thiophene rings is 1. The summed E-state index contributed by atoms with van der Waals surface area (Å²) in [5, 5.41) is 1.81. The van der Waals surface area contributed by atoms with E-state index in [1.165, 1.54) is 4.70 Å². The molecule has 0 aliphatic rings. The summed E-state index contributed by atoms with van der Waals surface area (Å²) < 4.78 is 1.21. The Bertz CT molecular complexity index is 898. The average Bonchev–Trinajstić information content (AvgIpc) is 2.75. The van der Waals surface area contributed by atoms with Crippen LogP contribution in [0.25, 0.3) is 31.5 Å². The molecule has 4 heteroatoms. The van der Waals surface area contributed by atoms with Crippen LogP contribution in [0.3, 0.4) is 0 Å². The van der Waals surface area contributed by atoms with Crippen molar-refractivity contribution in [2.45, 2.75) is 0 Å². The number of hydrogen-bond acceptors (Lipinski definition) is 3. The monoisotopic (exact) mass is 270 g/mol. The van der Waals surface area contributed by atoms with Gasteiger partial charge in [-0.2, -0.15) is 0 Å². The predicted octanol–water partition coefficient (Wildman–Crippen LogP) is 4.65. The number of benzene rings is 2. The van der Waals surface area contributed by atoms with E-state index in [-0.39, 0.29) is 0 Å². The summed E-state index contributed by atoms with van der Waals surface area (Å²) in [5.74, 6) is 0. The molecular weight excluding hydrogens is 264 g/mol. The first-order chi connectivity index (χ1) is 8.83. The molecule has 86 valence electrons. The zero-order valence-electron chi connectivity index (χ0n) is 9.22. The van der Waals surface area contributed by atoms with E-state index in [4.69, 9.17) is 16.6 Å². The highest BCUT2D eigenvalue weighted by molar-refractivity contribution is 7.25. The molecule has 0 unspecified atom stereocenters. The van der Waals surface area contributed by atoms with Crippen molar-refractivity contribution in [3.63, 3.8) is 0 Å². The van der Waals surface area contributed by atoms with Gasteiger partial charge in [-0.1, -0.05) is 35.9 Å². The molecule has 0 N–H and O–H groups in total. The first kappa shape index (κ1) is 10.2. The van der Waals surface area contributed by atoms with Crippen LogP contribution < -0.4 is 0 Å². The van der Waals surface area contributed by atoms with Gasteiger partial charge in [-0.25, -0.2) is 9.97 Å². The molecule has 0 fully saturated rings. The number of halogens is 1. The molecule has 0 saturated heterocycles. The molecule has 18 heavy (non-hydrogen) atoms. The lowest BCUT2D eigenvalue weighted by Crippen LogP contribution is -1.84. The molecule has 0 bridgehead atoms. The van der Waals surface area contributed by atoms with Gasteiger partial charge in [0.2, 0.25) is 0 Å². The molecule has 2 nitrogen and oxygen atoms in total. The summed E-state index contributed by atoms with van der Waals surface area (Å²) in [5.41, 5.74) is 2.59. The molecular formula is C14H7ClN2S. The van der Waals surface area contributed by atoms with Crippen LogP contribution in [0.5, 0.6) is 0 Å². The maximum Gasteiger partial charge on any atom is 0.143 e. The lowest BCUT2D eigenvalue weighted by Gasteiger charge is -1.98. The minimum atomic E-state index is 0.652. The second-order valence-electron chi connectivity index (χ2n) is 4.08. The maximum atomic E-state index is 6.16. The number of para-hydroxylation sites is 1. The molecule has 2 aromatic carbocycles. The van der Waals surface area contributed by atoms with Crippen molar-refractivity contribution in [1.29, 1.82) is 0 Å². The standard InChI is InChI=1S/C14H7ClN2S/c15-9-5-3-6-10-13(9)17-14-12(16-10)8-4-1-2-7-11(8)18-14/h1-7H. The summed E-state index contributed by atoms with van der Waals surface area (Å²) in [6, 6.07) is 13.9. The third-order valence-corrected chi connectivity index (χ3v) is 4.32. The van der Waals surface area contributed by atoms with E-state index in [0.717, 1.165) is 26.8 Å². The van der Waals surface area contributed by atoms with Gasteiger partial charge in [0, 0.05) is 10.1 Å². The molecule has 0 aliphatic heterocycles. The Balaban J connectivity index is 2.27. The van der Waals surface area contributed by atoms with Gasteiger partial charge in [0.25, 0.3) is 0 Å². The molecule has 4 aromatic rings. The van der Waals surface area contributed by atoms with E-state index < -0.39 is 0 Å². The van der Waals surface area contributed by atoms with Gasteiger partial charge in [-0.3, -0.25) is 0 Å². The van der Waals surface area contributed by atoms with Crippen LogP contribution in [-0.2, 0) is 0 Å². The predicted molar refractivity (Wildman–Crippen MR) is 77.4 cm³/mol. The number of rotatable bonds is 0. The van der Waals surface area contributed by atoms with Crippen LogP contribution in [0.15, 0.2) is 42.5 Å². The van der Waals surface area contributed by atoms with Gasteiger partial charge in [0.05, 0.1) is 10.5 Å². The average molecular weight is 271 g/mol. The summed E-state index contributed by atoms with van der Waals surface area (Å²) in [7, 11) is 0. The zero-order chi connectivity index (χ0) is 12.1. The fraction of sp³-hybridized carbons (Fsp3) is 0. The molecule has 2 aromatic heterocycles. The van der Waals surface area contributed by atoms with E-state index in [1.807, 2.05) is 30.3 Å². The highest BCUT2D eigenvalue weighted by atomic mass is 35.5. The molecule has 4 rings (SSSR count). The van der Waals surface area contributed by atoms with E-state index in [1.54, 1.807) is 11.3 Å². The quantitative estimate of drug-likeness (QED) is 0.465. The first-order valence-corrected chi connectivity index (χ1v) is 6.76.